The minimum Gasteiger partial charge on any atom is -0.431 e. The quantitative estimate of drug-likeness (QED) is 0.565. The van der Waals surface area contributed by atoms with Gasteiger partial charge in [0.25, 0.3) is 0 Å². The van der Waals surface area contributed by atoms with E-state index in [-0.39, 0.29) is 6.10 Å². The molecule has 3 nitrogen and oxygen atoms in total. The van der Waals surface area contributed by atoms with E-state index in [1.165, 1.54) is 4.90 Å². The molecule has 0 bridgehead atoms. The van der Waals surface area contributed by atoms with Crippen LogP contribution >= 0.6 is 11.8 Å². The van der Waals surface area contributed by atoms with Crippen molar-refractivity contribution in [3.63, 3.8) is 0 Å². The summed E-state index contributed by atoms with van der Waals surface area (Å²) in [6, 6.07) is 17.5. The highest BCUT2D eigenvalue weighted by Gasteiger charge is 2.10. The molecule has 0 aliphatic rings. The fourth-order valence-electron chi connectivity index (χ4n) is 1.57. The Hall–Kier alpha value is -1.94. The van der Waals surface area contributed by atoms with E-state index in [0.717, 1.165) is 11.3 Å². The lowest BCUT2D eigenvalue weighted by Gasteiger charge is -2.10. The number of carbonyl (C=O) groups is 1. The molecule has 0 heterocycles. The number of hydrogen-bond donors (Lipinski definition) is 0. The highest BCUT2D eigenvalue weighted by molar-refractivity contribution is 7.99. The van der Waals surface area contributed by atoms with Crippen molar-refractivity contribution in [1.82, 2.24) is 0 Å². The van der Waals surface area contributed by atoms with Gasteiger partial charge in [0, 0.05) is 9.79 Å². The summed E-state index contributed by atoms with van der Waals surface area (Å²) in [5, 5.41) is 0. The first-order valence-electron chi connectivity index (χ1n) is 6.89. The molecule has 2 aromatic carbocycles. The molecule has 21 heavy (non-hydrogen) atoms. The van der Waals surface area contributed by atoms with Crippen molar-refractivity contribution in [2.24, 2.45) is 0 Å². The van der Waals surface area contributed by atoms with Gasteiger partial charge >= 0.3 is 6.16 Å². The van der Waals surface area contributed by atoms with Crippen molar-refractivity contribution >= 4 is 17.9 Å². The summed E-state index contributed by atoms with van der Waals surface area (Å²) in [4.78, 5) is 13.8. The average molecular weight is 302 g/mol. The van der Waals surface area contributed by atoms with Gasteiger partial charge in [0.1, 0.15) is 11.9 Å². The summed E-state index contributed by atoms with van der Waals surface area (Å²) < 4.78 is 10.2. The molecule has 0 aliphatic heterocycles. The first-order chi connectivity index (χ1) is 10.2. The lowest BCUT2D eigenvalue weighted by molar-refractivity contribution is 0.0643. The molecule has 0 saturated heterocycles. The van der Waals surface area contributed by atoms with Crippen LogP contribution in [0.5, 0.6) is 5.75 Å². The summed E-state index contributed by atoms with van der Waals surface area (Å²) in [6.07, 6.45) is -0.0277. The van der Waals surface area contributed by atoms with Gasteiger partial charge in [0.2, 0.25) is 0 Å². The SMILES string of the molecule is CCC(C)OC(=O)Oc1ccc(Sc2ccccc2)cc1. The van der Waals surface area contributed by atoms with E-state index < -0.39 is 6.16 Å². The van der Waals surface area contributed by atoms with Crippen molar-refractivity contribution in [3.8, 4) is 5.75 Å². The van der Waals surface area contributed by atoms with Crippen LogP contribution in [-0.4, -0.2) is 12.3 Å². The van der Waals surface area contributed by atoms with E-state index in [0.29, 0.717) is 5.75 Å². The van der Waals surface area contributed by atoms with Crippen molar-refractivity contribution < 1.29 is 14.3 Å². The first-order valence-corrected chi connectivity index (χ1v) is 7.70. The molecule has 2 rings (SSSR count). The predicted octanol–water partition coefficient (Wildman–Crippen LogP) is 5.15. The van der Waals surface area contributed by atoms with Crippen molar-refractivity contribution in [1.29, 1.82) is 0 Å². The third-order valence-corrected chi connectivity index (χ3v) is 3.89. The lowest BCUT2D eigenvalue weighted by atomic mass is 10.3. The molecular formula is C17H18O3S. The lowest BCUT2D eigenvalue weighted by Crippen LogP contribution is -2.17. The maximum atomic E-state index is 11.5. The molecule has 0 aliphatic carbocycles. The van der Waals surface area contributed by atoms with Gasteiger partial charge in [-0.3, -0.25) is 0 Å². The van der Waals surface area contributed by atoms with E-state index in [2.05, 4.69) is 12.1 Å². The van der Waals surface area contributed by atoms with Gasteiger partial charge in [-0.25, -0.2) is 4.79 Å². The van der Waals surface area contributed by atoms with Gasteiger partial charge in [-0.2, -0.15) is 0 Å². The second-order valence-electron chi connectivity index (χ2n) is 4.58. The number of hydrogen-bond acceptors (Lipinski definition) is 4. The molecule has 0 radical (unpaired) electrons. The summed E-state index contributed by atoms with van der Waals surface area (Å²) in [6.45, 7) is 3.79. The van der Waals surface area contributed by atoms with Gasteiger partial charge in [-0.15, -0.1) is 0 Å². The Kier molecular flexibility index (Phi) is 5.69. The molecule has 2 aromatic rings. The van der Waals surface area contributed by atoms with Gasteiger partial charge < -0.3 is 9.47 Å². The Morgan fingerprint density at radius 3 is 2.29 bits per heavy atom. The number of carbonyl (C=O) groups excluding carboxylic acids is 1. The van der Waals surface area contributed by atoms with Crippen LogP contribution in [-0.2, 0) is 4.74 Å². The highest BCUT2D eigenvalue weighted by atomic mass is 32.2. The van der Waals surface area contributed by atoms with Crippen molar-refractivity contribution in [2.45, 2.75) is 36.2 Å². The van der Waals surface area contributed by atoms with Gasteiger partial charge in [0.05, 0.1) is 0 Å². The van der Waals surface area contributed by atoms with Crippen LogP contribution < -0.4 is 4.74 Å². The second kappa shape index (κ2) is 7.74. The largest absolute Gasteiger partial charge is 0.514 e. The van der Waals surface area contributed by atoms with Crippen molar-refractivity contribution in [2.75, 3.05) is 0 Å². The number of ether oxygens (including phenoxy) is 2. The van der Waals surface area contributed by atoms with Crippen LogP contribution in [0, 0.1) is 0 Å². The summed E-state index contributed by atoms with van der Waals surface area (Å²) >= 11 is 1.66. The summed E-state index contributed by atoms with van der Waals surface area (Å²) in [5.74, 6) is 0.487. The minimum absolute atomic E-state index is 0.134. The van der Waals surface area contributed by atoms with Crippen LogP contribution in [0.4, 0.5) is 4.79 Å². The van der Waals surface area contributed by atoms with Gasteiger partial charge in [-0.05, 0) is 49.7 Å². The molecule has 1 atom stereocenters. The van der Waals surface area contributed by atoms with E-state index in [9.17, 15) is 4.79 Å². The van der Waals surface area contributed by atoms with Crippen LogP contribution in [0.2, 0.25) is 0 Å². The summed E-state index contributed by atoms with van der Waals surface area (Å²) in [5.41, 5.74) is 0. The zero-order valence-corrected chi connectivity index (χ0v) is 12.9. The molecular weight excluding hydrogens is 284 g/mol. The zero-order chi connectivity index (χ0) is 15.1. The number of benzene rings is 2. The normalized spacial score (nSPS) is 11.7. The third kappa shape index (κ3) is 5.16. The zero-order valence-electron chi connectivity index (χ0n) is 12.1. The molecule has 0 amide bonds. The highest BCUT2D eigenvalue weighted by Crippen LogP contribution is 2.28. The molecule has 0 N–H and O–H groups in total. The van der Waals surface area contributed by atoms with Crippen LogP contribution in [0.3, 0.4) is 0 Å². The van der Waals surface area contributed by atoms with Crippen LogP contribution in [0.15, 0.2) is 64.4 Å². The predicted molar refractivity (Wildman–Crippen MR) is 83.9 cm³/mol. The summed E-state index contributed by atoms with van der Waals surface area (Å²) in [7, 11) is 0. The Morgan fingerprint density at radius 1 is 1.05 bits per heavy atom. The molecule has 0 fully saturated rings. The van der Waals surface area contributed by atoms with E-state index in [1.54, 1.807) is 23.9 Å². The molecule has 0 aromatic heterocycles. The monoisotopic (exact) mass is 302 g/mol. The minimum atomic E-state index is -0.659. The maximum Gasteiger partial charge on any atom is 0.514 e. The molecule has 0 saturated carbocycles. The Balaban J connectivity index is 1.91. The smallest absolute Gasteiger partial charge is 0.431 e. The Labute approximate surface area is 129 Å². The fraction of sp³-hybridized carbons (Fsp3) is 0.235. The van der Waals surface area contributed by atoms with Crippen LogP contribution in [0.1, 0.15) is 20.3 Å². The molecule has 0 spiro atoms. The first kappa shape index (κ1) is 15.4. The van der Waals surface area contributed by atoms with Crippen LogP contribution in [0.25, 0.3) is 0 Å². The van der Waals surface area contributed by atoms with Gasteiger partial charge in [0.15, 0.2) is 0 Å². The molecule has 4 heteroatoms. The standard InChI is InChI=1S/C17H18O3S/c1-3-13(2)19-17(18)20-14-9-11-16(12-10-14)21-15-7-5-4-6-8-15/h4-13H,3H2,1-2H3. The van der Waals surface area contributed by atoms with Gasteiger partial charge in [-0.1, -0.05) is 36.9 Å². The molecule has 110 valence electrons. The van der Waals surface area contributed by atoms with E-state index >= 15 is 0 Å². The van der Waals surface area contributed by atoms with E-state index in [1.807, 2.05) is 44.2 Å². The Morgan fingerprint density at radius 2 is 1.67 bits per heavy atom. The fourth-order valence-corrected chi connectivity index (χ4v) is 2.41. The topological polar surface area (TPSA) is 35.5 Å². The van der Waals surface area contributed by atoms with Crippen molar-refractivity contribution in [3.05, 3.63) is 54.6 Å². The van der Waals surface area contributed by atoms with E-state index in [4.69, 9.17) is 9.47 Å². The maximum absolute atomic E-state index is 11.5. The second-order valence-corrected chi connectivity index (χ2v) is 5.72. The number of rotatable bonds is 5. The molecule has 1 unspecified atom stereocenters. The third-order valence-electron chi connectivity index (χ3n) is 2.88. The average Bonchev–Trinajstić information content (AvgIpc) is 2.50. The Bertz CT molecular complexity index is 566.